The van der Waals surface area contributed by atoms with Gasteiger partial charge in [0.05, 0.1) is 17.5 Å². The number of alkyl halides is 3. The number of hydrogen-bond acceptors (Lipinski definition) is 12. The van der Waals surface area contributed by atoms with Crippen molar-refractivity contribution in [2.75, 3.05) is 18.9 Å². The van der Waals surface area contributed by atoms with Crippen LogP contribution >= 0.6 is 11.6 Å². The Bertz CT molecular complexity index is 1690. The van der Waals surface area contributed by atoms with Crippen LogP contribution in [0.3, 0.4) is 0 Å². The number of ether oxygens (including phenoxy) is 3. The molecule has 0 aliphatic heterocycles. The maximum Gasteiger partial charge on any atom is 0.523 e. The minimum Gasteiger partial charge on any atom is -0.459 e. The summed E-state index contributed by atoms with van der Waals surface area (Å²) in [6, 6.07) is 14.9. The minimum atomic E-state index is -6.11. The molecule has 2 atom stereocenters. The highest BCUT2D eigenvalue weighted by Gasteiger charge is 2.48. The molecule has 43 heavy (non-hydrogen) atoms. The molecule has 18 heteroatoms. The summed E-state index contributed by atoms with van der Waals surface area (Å²) in [7, 11) is -6.11. The van der Waals surface area contributed by atoms with Crippen LogP contribution < -0.4 is 5.73 Å². The second kappa shape index (κ2) is 13.3. The Morgan fingerprint density at radius 2 is 1.53 bits per heavy atom. The van der Waals surface area contributed by atoms with Gasteiger partial charge in [0.1, 0.15) is 31.6 Å². The molecule has 0 saturated carbocycles. The van der Waals surface area contributed by atoms with E-state index in [0.29, 0.717) is 0 Å². The van der Waals surface area contributed by atoms with Gasteiger partial charge in [0.2, 0.25) is 5.28 Å². The van der Waals surface area contributed by atoms with Crippen LogP contribution in [0.25, 0.3) is 11.2 Å². The molecule has 0 amide bonds. The molecule has 228 valence electrons. The summed E-state index contributed by atoms with van der Waals surface area (Å²) < 4.78 is 84.3. The van der Waals surface area contributed by atoms with Crippen molar-refractivity contribution in [3.8, 4) is 0 Å². The first-order valence-corrected chi connectivity index (χ1v) is 13.8. The monoisotopic (exact) mass is 643 g/mol. The van der Waals surface area contributed by atoms with Crippen molar-refractivity contribution < 1.29 is 49.6 Å². The molecule has 0 spiro atoms. The Morgan fingerprint density at radius 3 is 2.14 bits per heavy atom. The smallest absolute Gasteiger partial charge is 0.459 e. The maximum atomic E-state index is 13.0. The lowest BCUT2D eigenvalue weighted by atomic mass is 10.2. The fourth-order valence-electron chi connectivity index (χ4n) is 3.51. The van der Waals surface area contributed by atoms with Crippen LogP contribution in [0.15, 0.2) is 67.0 Å². The first-order valence-electron chi connectivity index (χ1n) is 12.0. The van der Waals surface area contributed by atoms with Gasteiger partial charge in [-0.05, 0) is 35.9 Å². The van der Waals surface area contributed by atoms with Crippen molar-refractivity contribution in [3.05, 3.63) is 83.4 Å². The molecule has 0 aliphatic rings. The van der Waals surface area contributed by atoms with E-state index in [1.807, 2.05) is 0 Å². The number of halogens is 4. The van der Waals surface area contributed by atoms with E-state index in [9.17, 15) is 31.2 Å². The first-order chi connectivity index (χ1) is 20.4. The number of carbonyl (C=O) groups excluding carboxylic acids is 2. The number of nitrogen functional groups attached to an aromatic ring is 1. The third-order valence-corrected chi connectivity index (χ3v) is 6.82. The fraction of sp³-hybridized carbons (Fsp3) is 0.240. The van der Waals surface area contributed by atoms with E-state index in [1.165, 1.54) is 47.3 Å². The topological polar surface area (TPSA) is 175 Å². The number of nitrogens with two attached hydrogens (primary N) is 1. The maximum absolute atomic E-state index is 13.0. The van der Waals surface area contributed by atoms with Crippen LogP contribution in [0.5, 0.6) is 0 Å². The number of carbonyl (C=O) groups is 2. The van der Waals surface area contributed by atoms with Gasteiger partial charge in [0, 0.05) is 0 Å². The van der Waals surface area contributed by atoms with Crippen molar-refractivity contribution in [1.29, 1.82) is 0 Å². The van der Waals surface area contributed by atoms with E-state index in [-0.39, 0.29) is 33.4 Å². The zero-order chi connectivity index (χ0) is 31.2. The van der Waals surface area contributed by atoms with E-state index in [4.69, 9.17) is 31.5 Å². The zero-order valence-corrected chi connectivity index (χ0v) is 23.3. The van der Waals surface area contributed by atoms with Crippen molar-refractivity contribution in [3.63, 3.8) is 0 Å². The highest BCUT2D eigenvalue weighted by atomic mass is 35.5. The molecular weight excluding hydrogens is 623 g/mol. The second-order valence-corrected chi connectivity index (χ2v) is 10.5. The quantitative estimate of drug-likeness (QED) is 0.103. The second-order valence-electron chi connectivity index (χ2n) is 8.56. The van der Waals surface area contributed by atoms with Gasteiger partial charge in [-0.3, -0.25) is 8.75 Å². The third-order valence-electron chi connectivity index (χ3n) is 5.63. The minimum absolute atomic E-state index is 0.0198. The van der Waals surface area contributed by atoms with Crippen LogP contribution in [-0.2, 0) is 35.2 Å². The Hall–Kier alpha value is -4.32. The predicted octanol–water partition coefficient (Wildman–Crippen LogP) is 3.35. The SMILES string of the molecule is Nc1nc(Cl)nc2c1ncn2CO[C@H](COC(=O)c1ccccc1)C(COS(=O)(=O)C(F)(F)F)OC(=O)c1ccccc1. The number of aromatic nitrogens is 4. The summed E-state index contributed by atoms with van der Waals surface area (Å²) in [4.78, 5) is 37.3. The van der Waals surface area contributed by atoms with E-state index in [2.05, 4.69) is 19.1 Å². The molecule has 0 radical (unpaired) electrons. The molecule has 13 nitrogen and oxygen atoms in total. The summed E-state index contributed by atoms with van der Waals surface area (Å²) in [5.74, 6) is -1.96. The van der Waals surface area contributed by atoms with Gasteiger partial charge >= 0.3 is 27.6 Å². The van der Waals surface area contributed by atoms with E-state index < -0.39 is 59.7 Å². The number of benzene rings is 2. The molecule has 4 rings (SSSR count). The predicted molar refractivity (Wildman–Crippen MR) is 143 cm³/mol. The molecule has 2 N–H and O–H groups in total. The van der Waals surface area contributed by atoms with Crippen LogP contribution in [0.2, 0.25) is 5.28 Å². The number of esters is 2. The Labute approximate surface area is 246 Å². The van der Waals surface area contributed by atoms with E-state index >= 15 is 0 Å². The summed E-state index contributed by atoms with van der Waals surface area (Å²) in [6.45, 7) is -2.55. The summed E-state index contributed by atoms with van der Waals surface area (Å²) >= 11 is 5.88. The van der Waals surface area contributed by atoms with Gasteiger partial charge in [0.25, 0.3) is 0 Å². The number of nitrogens with zero attached hydrogens (tertiary/aromatic N) is 4. The average Bonchev–Trinajstić information content (AvgIpc) is 3.38. The largest absolute Gasteiger partial charge is 0.523 e. The van der Waals surface area contributed by atoms with Gasteiger partial charge in [-0.25, -0.2) is 14.6 Å². The van der Waals surface area contributed by atoms with Crippen LogP contribution in [0, 0.1) is 0 Å². The van der Waals surface area contributed by atoms with Crippen molar-refractivity contribution in [2.45, 2.75) is 24.4 Å². The molecule has 1 unspecified atom stereocenters. The molecule has 2 heterocycles. The van der Waals surface area contributed by atoms with Gasteiger partial charge < -0.3 is 19.9 Å². The Kier molecular flexibility index (Phi) is 9.80. The molecule has 0 fully saturated rings. The zero-order valence-electron chi connectivity index (χ0n) is 21.7. The Balaban J connectivity index is 1.64. The number of fused-ring (bicyclic) bond motifs is 1. The lowest BCUT2D eigenvalue weighted by Gasteiger charge is -2.27. The summed E-state index contributed by atoms with van der Waals surface area (Å²) in [5.41, 5.74) is 0.383. The number of rotatable bonds is 12. The highest BCUT2D eigenvalue weighted by Crippen LogP contribution is 2.26. The van der Waals surface area contributed by atoms with Gasteiger partial charge in [-0.1, -0.05) is 36.4 Å². The van der Waals surface area contributed by atoms with Crippen LogP contribution in [0.4, 0.5) is 19.0 Å². The summed E-state index contributed by atoms with van der Waals surface area (Å²) in [6.07, 6.45) is -2.21. The highest BCUT2D eigenvalue weighted by molar-refractivity contribution is 7.87. The molecular formula is C25H21ClF3N5O8S. The van der Waals surface area contributed by atoms with E-state index in [0.717, 1.165) is 0 Å². The molecule has 2 aromatic heterocycles. The summed E-state index contributed by atoms with van der Waals surface area (Å²) in [5, 5.41) is -0.222. The molecule has 4 aromatic rings. The van der Waals surface area contributed by atoms with Crippen molar-refractivity contribution in [1.82, 2.24) is 19.5 Å². The number of anilines is 1. The van der Waals surface area contributed by atoms with Crippen molar-refractivity contribution >= 4 is 50.6 Å². The molecule has 0 bridgehead atoms. The molecule has 0 aliphatic carbocycles. The average molecular weight is 644 g/mol. The standard InChI is InChI=1S/C25H21ClF3N5O8S/c26-24-32-20(30)19-21(33-24)34(13-31-19)14-40-17(11-39-22(35)15-7-3-1-4-8-15)18(12-41-43(37,38)25(27,28)29)42-23(36)16-9-5-2-6-10-16/h1-10,13,17-18H,11-12,14H2,(H2,30,32,33)/t17-,18?/m1/s1. The molecule has 2 aromatic carbocycles. The van der Waals surface area contributed by atoms with E-state index in [1.54, 1.807) is 24.3 Å². The first kappa shape index (κ1) is 31.6. The Morgan fingerprint density at radius 1 is 0.930 bits per heavy atom. The lowest BCUT2D eigenvalue weighted by molar-refractivity contribution is -0.108. The lowest BCUT2D eigenvalue weighted by Crippen LogP contribution is -2.42. The van der Waals surface area contributed by atoms with Gasteiger partial charge in [0.15, 0.2) is 17.6 Å². The van der Waals surface area contributed by atoms with Crippen LogP contribution in [-0.4, -0.2) is 70.8 Å². The number of imidazole rings is 1. The normalized spacial score (nSPS) is 13.4. The fourth-order valence-corrected chi connectivity index (χ4v) is 4.13. The number of hydrogen-bond donors (Lipinski definition) is 1. The van der Waals surface area contributed by atoms with Crippen LogP contribution in [0.1, 0.15) is 20.7 Å². The molecule has 0 saturated heterocycles. The third kappa shape index (κ3) is 7.95. The van der Waals surface area contributed by atoms with Gasteiger partial charge in [-0.2, -0.15) is 31.6 Å². The van der Waals surface area contributed by atoms with Gasteiger partial charge in [-0.15, -0.1) is 0 Å². The van der Waals surface area contributed by atoms with Crippen molar-refractivity contribution in [2.24, 2.45) is 0 Å².